The normalized spacial score (nSPS) is 16.5. The summed E-state index contributed by atoms with van der Waals surface area (Å²) in [6.07, 6.45) is 1.70. The summed E-state index contributed by atoms with van der Waals surface area (Å²) >= 11 is 5.84. The van der Waals surface area contributed by atoms with E-state index in [1.165, 1.54) is 5.56 Å². The molecule has 96 valence electrons. The molecule has 2 nitrogen and oxygen atoms in total. The summed E-state index contributed by atoms with van der Waals surface area (Å²) in [4.78, 5) is 0. The van der Waals surface area contributed by atoms with E-state index in [-0.39, 0.29) is 0 Å². The average molecular weight is 256 g/mol. The fourth-order valence-electron chi connectivity index (χ4n) is 1.57. The summed E-state index contributed by atoms with van der Waals surface area (Å²) < 4.78 is 0. The molecule has 0 saturated heterocycles. The van der Waals surface area contributed by atoms with Gasteiger partial charge in [0.1, 0.15) is 0 Å². The van der Waals surface area contributed by atoms with Crippen molar-refractivity contribution in [2.45, 2.75) is 45.3 Å². The Kier molecular flexibility index (Phi) is 5.44. The molecule has 0 spiro atoms. The minimum absolute atomic E-state index is 0.342. The third kappa shape index (κ3) is 5.53. The highest BCUT2D eigenvalue weighted by atomic mass is 35.5. The second-order valence-electron chi connectivity index (χ2n) is 4.96. The molecule has 1 aromatic carbocycles. The second-order valence-corrected chi connectivity index (χ2v) is 5.40. The SMILES string of the molecule is CCC(C)(O)CNC(C)Cc1ccc(Cl)cc1. The van der Waals surface area contributed by atoms with Crippen molar-refractivity contribution in [1.29, 1.82) is 0 Å². The lowest BCUT2D eigenvalue weighted by atomic mass is 10.0. The van der Waals surface area contributed by atoms with Crippen LogP contribution >= 0.6 is 11.6 Å². The van der Waals surface area contributed by atoms with E-state index in [1.54, 1.807) is 0 Å². The first-order valence-corrected chi connectivity index (χ1v) is 6.51. The largest absolute Gasteiger partial charge is 0.389 e. The molecule has 0 fully saturated rings. The van der Waals surface area contributed by atoms with E-state index >= 15 is 0 Å². The van der Waals surface area contributed by atoms with Gasteiger partial charge < -0.3 is 10.4 Å². The number of benzene rings is 1. The van der Waals surface area contributed by atoms with E-state index in [9.17, 15) is 5.11 Å². The Labute approximate surface area is 109 Å². The highest BCUT2D eigenvalue weighted by Crippen LogP contribution is 2.12. The Hall–Kier alpha value is -0.570. The molecule has 2 unspecified atom stereocenters. The van der Waals surface area contributed by atoms with Crippen molar-refractivity contribution in [3.63, 3.8) is 0 Å². The van der Waals surface area contributed by atoms with E-state index in [0.29, 0.717) is 12.6 Å². The van der Waals surface area contributed by atoms with Crippen molar-refractivity contribution in [3.8, 4) is 0 Å². The van der Waals surface area contributed by atoms with Crippen LogP contribution in [0.25, 0.3) is 0 Å². The molecule has 1 aromatic rings. The molecule has 2 N–H and O–H groups in total. The molecule has 3 heteroatoms. The minimum Gasteiger partial charge on any atom is -0.389 e. The Morgan fingerprint density at radius 3 is 2.47 bits per heavy atom. The van der Waals surface area contributed by atoms with Gasteiger partial charge in [-0.2, -0.15) is 0 Å². The Morgan fingerprint density at radius 1 is 1.35 bits per heavy atom. The van der Waals surface area contributed by atoms with Crippen LogP contribution in [0.5, 0.6) is 0 Å². The average Bonchev–Trinajstić information content (AvgIpc) is 2.30. The molecule has 0 aliphatic heterocycles. The monoisotopic (exact) mass is 255 g/mol. The lowest BCUT2D eigenvalue weighted by Gasteiger charge is -2.24. The standard InChI is InChI=1S/C14H22ClNO/c1-4-14(3,17)10-16-11(2)9-12-5-7-13(15)8-6-12/h5-8,11,16-17H,4,9-10H2,1-3H3. The first kappa shape index (κ1) is 14.5. The van der Waals surface area contributed by atoms with Gasteiger partial charge >= 0.3 is 0 Å². The zero-order chi connectivity index (χ0) is 12.9. The summed E-state index contributed by atoms with van der Waals surface area (Å²) in [5.41, 5.74) is 0.638. The summed E-state index contributed by atoms with van der Waals surface area (Å²) in [6.45, 7) is 6.60. The minimum atomic E-state index is -0.617. The molecule has 0 radical (unpaired) electrons. The molecular formula is C14H22ClNO. The highest BCUT2D eigenvalue weighted by Gasteiger charge is 2.17. The van der Waals surface area contributed by atoms with Crippen molar-refractivity contribution >= 4 is 11.6 Å². The van der Waals surface area contributed by atoms with Crippen LogP contribution in [0, 0.1) is 0 Å². The predicted molar refractivity (Wildman–Crippen MR) is 73.5 cm³/mol. The summed E-state index contributed by atoms with van der Waals surface area (Å²) in [5.74, 6) is 0. The maximum atomic E-state index is 9.89. The zero-order valence-electron chi connectivity index (χ0n) is 10.8. The number of hydrogen-bond donors (Lipinski definition) is 2. The molecule has 0 aliphatic rings. The fraction of sp³-hybridized carbons (Fsp3) is 0.571. The van der Waals surface area contributed by atoms with Crippen LogP contribution in [0.4, 0.5) is 0 Å². The van der Waals surface area contributed by atoms with Crippen LogP contribution in [0.2, 0.25) is 5.02 Å². The Bertz CT molecular complexity index is 335. The maximum Gasteiger partial charge on any atom is 0.0741 e. The summed E-state index contributed by atoms with van der Waals surface area (Å²) in [6, 6.07) is 8.24. The van der Waals surface area contributed by atoms with Crippen molar-refractivity contribution < 1.29 is 5.11 Å². The molecule has 0 aliphatic carbocycles. The third-order valence-corrected chi connectivity index (χ3v) is 3.30. The highest BCUT2D eigenvalue weighted by molar-refractivity contribution is 6.30. The molecular weight excluding hydrogens is 234 g/mol. The number of aliphatic hydroxyl groups is 1. The van der Waals surface area contributed by atoms with E-state index in [1.807, 2.05) is 38.1 Å². The smallest absolute Gasteiger partial charge is 0.0741 e. The summed E-state index contributed by atoms with van der Waals surface area (Å²) in [5, 5.41) is 14.0. The van der Waals surface area contributed by atoms with Gasteiger partial charge in [0.15, 0.2) is 0 Å². The van der Waals surface area contributed by atoms with Gasteiger partial charge in [0.25, 0.3) is 0 Å². The van der Waals surface area contributed by atoms with E-state index in [0.717, 1.165) is 17.9 Å². The van der Waals surface area contributed by atoms with Crippen LogP contribution in [-0.2, 0) is 6.42 Å². The molecule has 0 saturated carbocycles. The van der Waals surface area contributed by atoms with Crippen molar-refractivity contribution in [2.75, 3.05) is 6.54 Å². The van der Waals surface area contributed by atoms with Gasteiger partial charge in [0.05, 0.1) is 5.60 Å². The number of rotatable bonds is 6. The van der Waals surface area contributed by atoms with Gasteiger partial charge in [-0.05, 0) is 44.4 Å². The van der Waals surface area contributed by atoms with Crippen LogP contribution in [0.15, 0.2) is 24.3 Å². The Balaban J connectivity index is 2.39. The van der Waals surface area contributed by atoms with E-state index < -0.39 is 5.60 Å². The number of halogens is 1. The van der Waals surface area contributed by atoms with Gasteiger partial charge in [-0.3, -0.25) is 0 Å². The van der Waals surface area contributed by atoms with Gasteiger partial charge in [-0.1, -0.05) is 30.7 Å². The molecule has 1 rings (SSSR count). The van der Waals surface area contributed by atoms with Crippen LogP contribution < -0.4 is 5.32 Å². The second kappa shape index (κ2) is 6.39. The molecule has 17 heavy (non-hydrogen) atoms. The lowest BCUT2D eigenvalue weighted by Crippen LogP contribution is -2.41. The van der Waals surface area contributed by atoms with Crippen molar-refractivity contribution in [1.82, 2.24) is 5.32 Å². The lowest BCUT2D eigenvalue weighted by molar-refractivity contribution is 0.0534. The number of nitrogens with one attached hydrogen (secondary N) is 1. The predicted octanol–water partition coefficient (Wildman–Crippen LogP) is 3.02. The quantitative estimate of drug-likeness (QED) is 0.819. The van der Waals surface area contributed by atoms with Crippen LogP contribution in [0.3, 0.4) is 0 Å². The van der Waals surface area contributed by atoms with Crippen LogP contribution in [-0.4, -0.2) is 23.3 Å². The third-order valence-electron chi connectivity index (χ3n) is 3.05. The molecule has 0 aromatic heterocycles. The van der Waals surface area contributed by atoms with Gasteiger partial charge in [0, 0.05) is 17.6 Å². The molecule has 0 heterocycles. The first-order valence-electron chi connectivity index (χ1n) is 6.13. The molecule has 0 bridgehead atoms. The maximum absolute atomic E-state index is 9.89. The molecule has 0 amide bonds. The first-order chi connectivity index (χ1) is 7.93. The zero-order valence-corrected chi connectivity index (χ0v) is 11.6. The van der Waals surface area contributed by atoms with Gasteiger partial charge in [-0.25, -0.2) is 0 Å². The van der Waals surface area contributed by atoms with Crippen LogP contribution in [0.1, 0.15) is 32.8 Å². The fourth-order valence-corrected chi connectivity index (χ4v) is 1.69. The van der Waals surface area contributed by atoms with Crippen molar-refractivity contribution in [2.24, 2.45) is 0 Å². The number of hydrogen-bond acceptors (Lipinski definition) is 2. The van der Waals surface area contributed by atoms with Crippen molar-refractivity contribution in [3.05, 3.63) is 34.9 Å². The summed E-state index contributed by atoms with van der Waals surface area (Å²) in [7, 11) is 0. The topological polar surface area (TPSA) is 32.3 Å². The molecule has 2 atom stereocenters. The van der Waals surface area contributed by atoms with Gasteiger partial charge in [0.2, 0.25) is 0 Å². The van der Waals surface area contributed by atoms with E-state index in [2.05, 4.69) is 12.2 Å². The Morgan fingerprint density at radius 2 is 1.94 bits per heavy atom. The van der Waals surface area contributed by atoms with Gasteiger partial charge in [-0.15, -0.1) is 0 Å². The van der Waals surface area contributed by atoms with E-state index in [4.69, 9.17) is 11.6 Å².